The van der Waals surface area contributed by atoms with Crippen molar-refractivity contribution < 1.29 is 14.2 Å². The van der Waals surface area contributed by atoms with E-state index in [0.717, 1.165) is 24.9 Å². The van der Waals surface area contributed by atoms with Crippen molar-refractivity contribution in [3.63, 3.8) is 0 Å². The largest absolute Gasteiger partial charge is 0.481 e. The molecule has 1 N–H and O–H groups in total. The molecule has 1 aromatic heterocycles. The molecule has 24 heavy (non-hydrogen) atoms. The fourth-order valence-corrected chi connectivity index (χ4v) is 3.34. The first-order chi connectivity index (χ1) is 11.6. The standard InChI is InChI=1S/C18H22FN3O2/c1-24-16-7-9-20-17(21-16)22-10-2-8-18(12-22,13-23)11-14-3-5-15(19)6-4-14/h3-7,9,23H,2,8,10-13H2,1H3/t18-/m0/s1. The Bertz CT molecular complexity index is 680. The lowest BCUT2D eigenvalue weighted by atomic mass is 9.76. The van der Waals surface area contributed by atoms with Crippen molar-refractivity contribution in [2.45, 2.75) is 19.3 Å². The van der Waals surface area contributed by atoms with E-state index < -0.39 is 0 Å². The van der Waals surface area contributed by atoms with E-state index >= 15 is 0 Å². The normalized spacial score (nSPS) is 20.9. The summed E-state index contributed by atoms with van der Waals surface area (Å²) in [4.78, 5) is 10.8. The summed E-state index contributed by atoms with van der Waals surface area (Å²) in [6.07, 6.45) is 4.24. The smallest absolute Gasteiger partial charge is 0.228 e. The zero-order valence-electron chi connectivity index (χ0n) is 13.8. The first kappa shape index (κ1) is 16.6. The van der Waals surface area contributed by atoms with Gasteiger partial charge in [0.05, 0.1) is 13.7 Å². The number of ether oxygens (including phenoxy) is 1. The minimum Gasteiger partial charge on any atom is -0.481 e. The molecule has 1 aliphatic rings. The molecule has 1 fully saturated rings. The van der Waals surface area contributed by atoms with Gasteiger partial charge in [-0.2, -0.15) is 4.98 Å². The van der Waals surface area contributed by atoms with Crippen molar-refractivity contribution in [2.75, 3.05) is 31.7 Å². The first-order valence-electron chi connectivity index (χ1n) is 8.11. The first-order valence-corrected chi connectivity index (χ1v) is 8.11. The molecule has 1 atom stereocenters. The van der Waals surface area contributed by atoms with Gasteiger partial charge in [0, 0.05) is 30.8 Å². The summed E-state index contributed by atoms with van der Waals surface area (Å²) in [6.45, 7) is 1.58. The van der Waals surface area contributed by atoms with Crippen LogP contribution in [-0.4, -0.2) is 41.9 Å². The molecule has 2 aromatic rings. The fraction of sp³-hybridized carbons (Fsp3) is 0.444. The zero-order chi connectivity index (χ0) is 17.0. The molecule has 6 heteroatoms. The van der Waals surface area contributed by atoms with Crippen LogP contribution in [0.15, 0.2) is 36.5 Å². The van der Waals surface area contributed by atoms with Crippen molar-refractivity contribution in [2.24, 2.45) is 5.41 Å². The Kier molecular flexibility index (Phi) is 4.94. The Labute approximate surface area is 141 Å². The molecule has 0 saturated carbocycles. The zero-order valence-corrected chi connectivity index (χ0v) is 13.8. The molecule has 5 nitrogen and oxygen atoms in total. The Morgan fingerprint density at radius 3 is 2.79 bits per heavy atom. The van der Waals surface area contributed by atoms with Crippen molar-refractivity contribution in [1.29, 1.82) is 0 Å². The number of halogens is 1. The van der Waals surface area contributed by atoms with Crippen molar-refractivity contribution in [1.82, 2.24) is 9.97 Å². The minimum atomic E-state index is -0.275. The predicted octanol–water partition coefficient (Wildman–Crippen LogP) is 2.45. The van der Waals surface area contributed by atoms with Crippen LogP contribution in [-0.2, 0) is 6.42 Å². The molecule has 1 aromatic carbocycles. The third kappa shape index (κ3) is 3.64. The molecular weight excluding hydrogens is 309 g/mol. The molecule has 0 aliphatic carbocycles. The van der Waals surface area contributed by atoms with E-state index in [-0.39, 0.29) is 17.8 Å². The molecule has 0 radical (unpaired) electrons. The van der Waals surface area contributed by atoms with Gasteiger partial charge in [-0.05, 0) is 37.0 Å². The average Bonchev–Trinajstić information content (AvgIpc) is 2.64. The Morgan fingerprint density at radius 1 is 1.29 bits per heavy atom. The molecule has 128 valence electrons. The van der Waals surface area contributed by atoms with Crippen molar-refractivity contribution in [3.8, 4) is 5.88 Å². The van der Waals surface area contributed by atoms with E-state index in [1.54, 1.807) is 31.5 Å². The van der Waals surface area contributed by atoms with Crippen LogP contribution >= 0.6 is 0 Å². The number of aliphatic hydroxyl groups excluding tert-OH is 1. The number of hydrogen-bond donors (Lipinski definition) is 1. The van der Waals surface area contributed by atoms with Crippen LogP contribution in [0.1, 0.15) is 18.4 Å². The third-order valence-corrected chi connectivity index (χ3v) is 4.60. The SMILES string of the molecule is COc1ccnc(N2CCC[C@](CO)(Cc3ccc(F)cc3)C2)n1. The van der Waals surface area contributed by atoms with Gasteiger partial charge in [0.2, 0.25) is 11.8 Å². The Hall–Kier alpha value is -2.21. The van der Waals surface area contributed by atoms with Gasteiger partial charge in [-0.1, -0.05) is 12.1 Å². The van der Waals surface area contributed by atoms with Gasteiger partial charge in [-0.15, -0.1) is 0 Å². The molecule has 0 amide bonds. The summed E-state index contributed by atoms with van der Waals surface area (Å²) in [6, 6.07) is 8.21. The molecule has 1 aliphatic heterocycles. The molecular formula is C18H22FN3O2. The van der Waals surface area contributed by atoms with Crippen LogP contribution < -0.4 is 9.64 Å². The second kappa shape index (κ2) is 7.13. The second-order valence-corrected chi connectivity index (χ2v) is 6.39. The highest BCUT2D eigenvalue weighted by atomic mass is 19.1. The summed E-state index contributed by atoms with van der Waals surface area (Å²) >= 11 is 0. The van der Waals surface area contributed by atoms with E-state index in [2.05, 4.69) is 14.9 Å². The highest BCUT2D eigenvalue weighted by molar-refractivity contribution is 5.34. The van der Waals surface area contributed by atoms with Gasteiger partial charge in [0.15, 0.2) is 0 Å². The van der Waals surface area contributed by atoms with Crippen LogP contribution in [0.5, 0.6) is 5.88 Å². The van der Waals surface area contributed by atoms with Crippen molar-refractivity contribution >= 4 is 5.95 Å². The lowest BCUT2D eigenvalue weighted by Gasteiger charge is -2.42. The predicted molar refractivity (Wildman–Crippen MR) is 89.7 cm³/mol. The van der Waals surface area contributed by atoms with Gasteiger partial charge in [0.25, 0.3) is 0 Å². The highest BCUT2D eigenvalue weighted by Gasteiger charge is 2.36. The number of benzene rings is 1. The Balaban J connectivity index is 1.79. The van der Waals surface area contributed by atoms with E-state index in [9.17, 15) is 9.50 Å². The molecule has 0 bridgehead atoms. The minimum absolute atomic E-state index is 0.0743. The maximum Gasteiger partial charge on any atom is 0.228 e. The molecule has 3 rings (SSSR count). The van der Waals surface area contributed by atoms with Crippen molar-refractivity contribution in [3.05, 3.63) is 47.9 Å². The molecule has 0 spiro atoms. The molecule has 2 heterocycles. The summed E-state index contributed by atoms with van der Waals surface area (Å²) in [5, 5.41) is 10.1. The fourth-order valence-electron chi connectivity index (χ4n) is 3.34. The van der Waals surface area contributed by atoms with Crippen LogP contribution in [0.4, 0.5) is 10.3 Å². The average molecular weight is 331 g/mol. The summed E-state index contributed by atoms with van der Waals surface area (Å²) in [7, 11) is 1.58. The van der Waals surface area contributed by atoms with Crippen LogP contribution in [0.25, 0.3) is 0 Å². The van der Waals surface area contributed by atoms with Gasteiger partial charge < -0.3 is 14.7 Å². The number of methoxy groups -OCH3 is 1. The number of rotatable bonds is 5. The molecule has 0 unspecified atom stereocenters. The maximum absolute atomic E-state index is 13.1. The monoisotopic (exact) mass is 331 g/mol. The van der Waals surface area contributed by atoms with Crippen LogP contribution in [0, 0.1) is 11.2 Å². The highest BCUT2D eigenvalue weighted by Crippen LogP contribution is 2.34. The van der Waals surface area contributed by atoms with Crippen LogP contribution in [0.3, 0.4) is 0 Å². The van der Waals surface area contributed by atoms with Crippen LogP contribution in [0.2, 0.25) is 0 Å². The number of aliphatic hydroxyl groups is 1. The summed E-state index contributed by atoms with van der Waals surface area (Å²) in [5.41, 5.74) is 0.751. The van der Waals surface area contributed by atoms with Gasteiger partial charge in [-0.3, -0.25) is 0 Å². The lowest BCUT2D eigenvalue weighted by Crippen LogP contribution is -2.47. The lowest BCUT2D eigenvalue weighted by molar-refractivity contribution is 0.105. The topological polar surface area (TPSA) is 58.5 Å². The second-order valence-electron chi connectivity index (χ2n) is 6.39. The number of nitrogens with zero attached hydrogens (tertiary/aromatic N) is 3. The summed E-state index contributed by atoms with van der Waals surface area (Å²) < 4.78 is 18.3. The van der Waals surface area contributed by atoms with E-state index in [4.69, 9.17) is 4.74 Å². The summed E-state index contributed by atoms with van der Waals surface area (Å²) in [5.74, 6) is 0.900. The van der Waals surface area contributed by atoms with Gasteiger partial charge in [0.1, 0.15) is 5.82 Å². The van der Waals surface area contributed by atoms with E-state index in [1.807, 2.05) is 0 Å². The van der Waals surface area contributed by atoms with Gasteiger partial charge in [-0.25, -0.2) is 9.37 Å². The molecule has 1 saturated heterocycles. The third-order valence-electron chi connectivity index (χ3n) is 4.60. The number of piperidine rings is 1. The maximum atomic E-state index is 13.1. The number of hydrogen-bond acceptors (Lipinski definition) is 5. The number of aromatic nitrogens is 2. The Morgan fingerprint density at radius 2 is 2.08 bits per heavy atom. The number of anilines is 1. The van der Waals surface area contributed by atoms with E-state index in [0.29, 0.717) is 24.8 Å². The van der Waals surface area contributed by atoms with E-state index in [1.165, 1.54) is 12.1 Å². The quantitative estimate of drug-likeness (QED) is 0.912. The van der Waals surface area contributed by atoms with Gasteiger partial charge >= 0.3 is 0 Å².